The first-order valence-corrected chi connectivity index (χ1v) is 7.08. The van der Waals surface area contributed by atoms with E-state index in [0.717, 1.165) is 21.5 Å². The Morgan fingerprint density at radius 2 is 2.10 bits per heavy atom. The number of rotatable bonds is 3. The number of nitrogens with one attached hydrogen (secondary N) is 2. The van der Waals surface area contributed by atoms with E-state index in [9.17, 15) is 4.79 Å². The molecular formula is C15H13N3OS. The molecule has 0 radical (unpaired) electrons. The largest absolute Gasteiger partial charge is 0.360 e. The van der Waals surface area contributed by atoms with Gasteiger partial charge >= 0.3 is 0 Å². The number of aromatic nitrogens is 1. The van der Waals surface area contributed by atoms with Crippen LogP contribution in [-0.2, 0) is 0 Å². The lowest BCUT2D eigenvalue weighted by atomic mass is 10.2. The van der Waals surface area contributed by atoms with Gasteiger partial charge in [-0.05, 0) is 24.4 Å². The van der Waals surface area contributed by atoms with E-state index in [-0.39, 0.29) is 5.91 Å². The van der Waals surface area contributed by atoms with Crippen molar-refractivity contribution in [1.29, 1.82) is 0 Å². The predicted molar refractivity (Wildman–Crippen MR) is 82.3 cm³/mol. The van der Waals surface area contributed by atoms with Crippen LogP contribution in [-0.4, -0.2) is 16.6 Å². The number of H-pyrrole nitrogens is 1. The van der Waals surface area contributed by atoms with Crippen LogP contribution in [0.25, 0.3) is 10.9 Å². The zero-order valence-electron chi connectivity index (χ0n) is 10.9. The van der Waals surface area contributed by atoms with Gasteiger partial charge in [-0.25, -0.2) is 5.43 Å². The molecule has 4 nitrogen and oxygen atoms in total. The van der Waals surface area contributed by atoms with Crippen molar-refractivity contribution in [2.45, 2.75) is 6.92 Å². The molecule has 2 aromatic heterocycles. The first-order valence-electron chi connectivity index (χ1n) is 6.20. The number of para-hydroxylation sites is 1. The summed E-state index contributed by atoms with van der Waals surface area (Å²) in [5.41, 5.74) is 4.94. The number of amides is 1. The van der Waals surface area contributed by atoms with Crippen LogP contribution in [0.2, 0.25) is 0 Å². The van der Waals surface area contributed by atoms with E-state index in [4.69, 9.17) is 0 Å². The zero-order valence-corrected chi connectivity index (χ0v) is 11.7. The van der Waals surface area contributed by atoms with Crippen LogP contribution < -0.4 is 5.43 Å². The van der Waals surface area contributed by atoms with E-state index in [1.165, 1.54) is 0 Å². The molecular weight excluding hydrogens is 270 g/mol. The van der Waals surface area contributed by atoms with Crippen molar-refractivity contribution < 1.29 is 4.79 Å². The highest BCUT2D eigenvalue weighted by Gasteiger charge is 2.11. The number of nitrogens with zero attached hydrogens (tertiary/aromatic N) is 1. The molecule has 0 saturated heterocycles. The molecule has 0 fully saturated rings. The summed E-state index contributed by atoms with van der Waals surface area (Å²) in [5, 5.41) is 7.02. The number of carbonyl (C=O) groups excluding carboxylic acids is 1. The third-order valence-electron chi connectivity index (χ3n) is 3.04. The van der Waals surface area contributed by atoms with Crippen molar-refractivity contribution in [2.24, 2.45) is 5.10 Å². The molecule has 0 spiro atoms. The second-order valence-corrected chi connectivity index (χ2v) is 5.31. The first-order chi connectivity index (χ1) is 9.75. The normalized spacial score (nSPS) is 11.8. The molecule has 5 heteroatoms. The van der Waals surface area contributed by atoms with Crippen molar-refractivity contribution in [3.05, 3.63) is 58.4 Å². The van der Waals surface area contributed by atoms with Gasteiger partial charge < -0.3 is 4.98 Å². The van der Waals surface area contributed by atoms with Crippen molar-refractivity contribution in [2.75, 3.05) is 0 Å². The van der Waals surface area contributed by atoms with Crippen LogP contribution in [0.3, 0.4) is 0 Å². The molecule has 2 N–H and O–H groups in total. The summed E-state index contributed by atoms with van der Waals surface area (Å²) in [6.07, 6.45) is 1.70. The maximum atomic E-state index is 12.2. The van der Waals surface area contributed by atoms with E-state index < -0.39 is 0 Å². The molecule has 0 atom stereocenters. The van der Waals surface area contributed by atoms with Crippen molar-refractivity contribution in [1.82, 2.24) is 10.4 Å². The second kappa shape index (κ2) is 5.30. The summed E-state index contributed by atoms with van der Waals surface area (Å²) >= 11 is 1.59. The van der Waals surface area contributed by atoms with Gasteiger partial charge in [-0.1, -0.05) is 24.3 Å². The lowest BCUT2D eigenvalue weighted by Gasteiger charge is -2.00. The topological polar surface area (TPSA) is 57.2 Å². The molecule has 1 amide bonds. The number of hydrogen-bond donors (Lipinski definition) is 2. The van der Waals surface area contributed by atoms with Gasteiger partial charge in [0.15, 0.2) is 0 Å². The number of hydrogen-bond acceptors (Lipinski definition) is 3. The Bertz CT molecular complexity index is 771. The van der Waals surface area contributed by atoms with E-state index in [2.05, 4.69) is 15.5 Å². The molecule has 0 bridgehead atoms. The van der Waals surface area contributed by atoms with E-state index in [0.29, 0.717) is 5.56 Å². The number of thiophene rings is 1. The number of benzene rings is 1. The molecule has 100 valence electrons. The Labute approximate surface area is 120 Å². The van der Waals surface area contributed by atoms with Crippen molar-refractivity contribution in [3.63, 3.8) is 0 Å². The Morgan fingerprint density at radius 3 is 2.90 bits per heavy atom. The number of aromatic amines is 1. The maximum Gasteiger partial charge on any atom is 0.273 e. The molecule has 0 saturated carbocycles. The van der Waals surface area contributed by atoms with Gasteiger partial charge in [0.25, 0.3) is 5.91 Å². The fourth-order valence-electron chi connectivity index (χ4n) is 1.99. The third kappa shape index (κ3) is 2.35. The Balaban J connectivity index is 1.82. The van der Waals surface area contributed by atoms with Crippen LogP contribution in [0.5, 0.6) is 0 Å². The fraction of sp³-hybridized carbons (Fsp3) is 0.0667. The summed E-state index contributed by atoms with van der Waals surface area (Å²) in [4.78, 5) is 16.3. The van der Waals surface area contributed by atoms with Gasteiger partial charge in [-0.15, -0.1) is 11.3 Å². The SMILES string of the molecule is CC(=NNC(=O)c1c[nH]c2ccccc12)c1cccs1. The summed E-state index contributed by atoms with van der Waals surface area (Å²) in [7, 11) is 0. The number of hydrazone groups is 1. The van der Waals surface area contributed by atoms with Gasteiger partial charge in [-0.2, -0.15) is 5.10 Å². The highest BCUT2D eigenvalue weighted by molar-refractivity contribution is 7.12. The Kier molecular flexibility index (Phi) is 3.35. The minimum Gasteiger partial charge on any atom is -0.360 e. The highest BCUT2D eigenvalue weighted by Crippen LogP contribution is 2.17. The molecule has 3 aromatic rings. The molecule has 1 aromatic carbocycles. The molecule has 0 aliphatic rings. The average Bonchev–Trinajstić information content (AvgIpc) is 3.13. The second-order valence-electron chi connectivity index (χ2n) is 4.36. The fourth-order valence-corrected chi connectivity index (χ4v) is 2.67. The van der Waals surface area contributed by atoms with Gasteiger partial charge in [0.05, 0.1) is 11.3 Å². The van der Waals surface area contributed by atoms with Crippen LogP contribution in [0, 0.1) is 0 Å². The van der Waals surface area contributed by atoms with Gasteiger partial charge in [0.1, 0.15) is 0 Å². The molecule has 0 aliphatic heterocycles. The minimum absolute atomic E-state index is 0.210. The Hall–Kier alpha value is -2.40. The van der Waals surface area contributed by atoms with Crippen LogP contribution in [0.1, 0.15) is 22.2 Å². The summed E-state index contributed by atoms with van der Waals surface area (Å²) < 4.78 is 0. The average molecular weight is 283 g/mol. The number of carbonyl (C=O) groups is 1. The third-order valence-corrected chi connectivity index (χ3v) is 4.02. The zero-order chi connectivity index (χ0) is 13.9. The molecule has 3 rings (SSSR count). The van der Waals surface area contributed by atoms with Crippen molar-refractivity contribution in [3.8, 4) is 0 Å². The minimum atomic E-state index is -0.210. The predicted octanol–water partition coefficient (Wildman–Crippen LogP) is 3.38. The van der Waals surface area contributed by atoms with E-state index in [1.54, 1.807) is 17.5 Å². The van der Waals surface area contributed by atoms with Crippen LogP contribution in [0.15, 0.2) is 53.1 Å². The van der Waals surface area contributed by atoms with Crippen LogP contribution >= 0.6 is 11.3 Å². The maximum absolute atomic E-state index is 12.2. The smallest absolute Gasteiger partial charge is 0.273 e. The van der Waals surface area contributed by atoms with E-state index >= 15 is 0 Å². The van der Waals surface area contributed by atoms with Gasteiger partial charge in [-0.3, -0.25) is 4.79 Å². The molecule has 0 aliphatic carbocycles. The highest BCUT2D eigenvalue weighted by atomic mass is 32.1. The van der Waals surface area contributed by atoms with E-state index in [1.807, 2.05) is 48.7 Å². The standard InChI is InChI=1S/C15H13N3OS/c1-10(14-7-4-8-20-14)17-18-15(19)12-9-16-13-6-3-2-5-11(12)13/h2-9,16H,1H3,(H,18,19). The van der Waals surface area contributed by atoms with Gasteiger partial charge in [0, 0.05) is 22.0 Å². The summed E-state index contributed by atoms with van der Waals surface area (Å²) in [6.45, 7) is 1.88. The number of fused-ring (bicyclic) bond motifs is 1. The summed E-state index contributed by atoms with van der Waals surface area (Å²) in [6, 6.07) is 11.6. The Morgan fingerprint density at radius 1 is 1.25 bits per heavy atom. The summed E-state index contributed by atoms with van der Waals surface area (Å²) in [5.74, 6) is -0.210. The monoisotopic (exact) mass is 283 g/mol. The van der Waals surface area contributed by atoms with Crippen LogP contribution in [0.4, 0.5) is 0 Å². The molecule has 0 unspecified atom stereocenters. The lowest BCUT2D eigenvalue weighted by Crippen LogP contribution is -2.18. The molecule has 20 heavy (non-hydrogen) atoms. The van der Waals surface area contributed by atoms with Gasteiger partial charge in [0.2, 0.25) is 0 Å². The quantitative estimate of drug-likeness (QED) is 0.562. The van der Waals surface area contributed by atoms with Crippen molar-refractivity contribution >= 4 is 33.9 Å². The first kappa shape index (κ1) is 12.6. The lowest BCUT2D eigenvalue weighted by molar-refractivity contribution is 0.0956. The molecule has 2 heterocycles.